The number of benzene rings is 2. The van der Waals surface area contributed by atoms with Crippen LogP contribution in [0.15, 0.2) is 67.4 Å². The second kappa shape index (κ2) is 11.9. The van der Waals surface area contributed by atoms with Gasteiger partial charge in [0.1, 0.15) is 0 Å². The average molecular weight is 498 g/mol. The maximum absolute atomic E-state index is 12.6. The first-order chi connectivity index (χ1) is 18.2. The number of fused-ring (bicyclic) bond motifs is 1. The van der Waals surface area contributed by atoms with Crippen LogP contribution in [0.2, 0.25) is 0 Å². The van der Waals surface area contributed by atoms with Crippen LogP contribution in [0.1, 0.15) is 53.9 Å². The van der Waals surface area contributed by atoms with Gasteiger partial charge in [0.2, 0.25) is 5.91 Å². The van der Waals surface area contributed by atoms with Crippen LogP contribution >= 0.6 is 0 Å². The average Bonchev–Trinajstić information content (AvgIpc) is 3.41. The molecule has 3 aromatic rings. The fourth-order valence-corrected chi connectivity index (χ4v) is 5.99. The maximum Gasteiger partial charge on any atom is 0.237 e. The molecule has 1 atom stereocenters. The van der Waals surface area contributed by atoms with Gasteiger partial charge in [0.25, 0.3) is 0 Å². The van der Waals surface area contributed by atoms with Crippen molar-refractivity contribution in [2.75, 3.05) is 26.7 Å². The SMILES string of the molecule is C=CCCC(C(=O)NC)N1CCc2ccc(C3CCN(Cc4c[nH]nc4-c4ccccc4)CC3)cc2C1. The molecule has 2 N–H and O–H groups in total. The van der Waals surface area contributed by atoms with E-state index in [2.05, 4.69) is 74.4 Å². The number of likely N-dealkylation sites (tertiary alicyclic amines) is 1. The van der Waals surface area contributed by atoms with Gasteiger partial charge in [-0.05, 0) is 67.8 Å². The first-order valence-electron chi connectivity index (χ1n) is 13.6. The van der Waals surface area contributed by atoms with Crippen LogP contribution < -0.4 is 5.32 Å². The van der Waals surface area contributed by atoms with Crippen molar-refractivity contribution < 1.29 is 4.79 Å². The Balaban J connectivity index is 1.21. The number of aromatic amines is 1. The number of aromatic nitrogens is 2. The standard InChI is InChI=1S/C31H39N5O/c1-3-4-10-29(31(37)32-2)36-18-15-23-11-12-26(19-27(23)22-36)24-13-16-35(17-14-24)21-28-20-33-34-30(28)25-8-6-5-7-9-25/h3,5-9,11-12,19-20,24,29H,1,4,10,13-18,21-22H2,2H3,(H,32,37)(H,33,34). The highest BCUT2D eigenvalue weighted by molar-refractivity contribution is 5.81. The lowest BCUT2D eigenvalue weighted by molar-refractivity contribution is -0.126. The minimum Gasteiger partial charge on any atom is -0.358 e. The summed E-state index contributed by atoms with van der Waals surface area (Å²) in [7, 11) is 1.74. The molecule has 5 rings (SSSR count). The third-order valence-corrected chi connectivity index (χ3v) is 8.13. The monoisotopic (exact) mass is 497 g/mol. The molecule has 0 radical (unpaired) electrons. The van der Waals surface area contributed by atoms with Crippen molar-refractivity contribution in [2.45, 2.75) is 57.2 Å². The number of carbonyl (C=O) groups excluding carboxylic acids is 1. The Morgan fingerprint density at radius 1 is 1.16 bits per heavy atom. The molecule has 0 spiro atoms. The van der Waals surface area contributed by atoms with Gasteiger partial charge in [-0.25, -0.2) is 0 Å². The number of amides is 1. The quantitative estimate of drug-likeness (QED) is 0.413. The Morgan fingerprint density at radius 2 is 1.97 bits per heavy atom. The predicted octanol–water partition coefficient (Wildman–Crippen LogP) is 4.90. The van der Waals surface area contributed by atoms with Crippen LogP contribution in [0.5, 0.6) is 0 Å². The van der Waals surface area contributed by atoms with E-state index in [1.807, 2.05) is 18.3 Å². The molecule has 1 fully saturated rings. The molecule has 2 aromatic carbocycles. The van der Waals surface area contributed by atoms with Crippen LogP contribution in [-0.2, 0) is 24.3 Å². The highest BCUT2D eigenvalue weighted by atomic mass is 16.2. The van der Waals surface area contributed by atoms with E-state index in [0.717, 1.165) is 57.7 Å². The number of likely N-dealkylation sites (N-methyl/N-ethyl adjacent to an activating group) is 1. The number of hydrogen-bond acceptors (Lipinski definition) is 4. The molecule has 2 aliphatic rings. The third kappa shape index (κ3) is 5.86. The number of nitrogens with one attached hydrogen (secondary N) is 2. The molecule has 1 saturated heterocycles. The van der Waals surface area contributed by atoms with Gasteiger partial charge in [0, 0.05) is 44.0 Å². The van der Waals surface area contributed by atoms with E-state index in [4.69, 9.17) is 0 Å². The summed E-state index contributed by atoms with van der Waals surface area (Å²) in [5.74, 6) is 0.701. The van der Waals surface area contributed by atoms with Gasteiger partial charge in [0.15, 0.2) is 0 Å². The van der Waals surface area contributed by atoms with Gasteiger partial charge in [-0.2, -0.15) is 5.10 Å². The van der Waals surface area contributed by atoms with E-state index in [1.54, 1.807) is 7.05 Å². The second-order valence-electron chi connectivity index (χ2n) is 10.4. The molecule has 0 saturated carbocycles. The zero-order chi connectivity index (χ0) is 25.6. The molecule has 1 aromatic heterocycles. The van der Waals surface area contributed by atoms with Crippen LogP contribution in [0, 0.1) is 0 Å². The topological polar surface area (TPSA) is 64.3 Å². The molecular formula is C31H39N5O. The van der Waals surface area contributed by atoms with E-state index < -0.39 is 0 Å². The summed E-state index contributed by atoms with van der Waals surface area (Å²) in [6.45, 7) is 8.74. The largest absolute Gasteiger partial charge is 0.358 e. The zero-order valence-corrected chi connectivity index (χ0v) is 22.0. The van der Waals surface area contributed by atoms with Crippen molar-refractivity contribution in [2.24, 2.45) is 0 Å². The zero-order valence-electron chi connectivity index (χ0n) is 22.0. The van der Waals surface area contributed by atoms with Crippen LogP contribution in [0.4, 0.5) is 0 Å². The first-order valence-corrected chi connectivity index (χ1v) is 13.6. The Morgan fingerprint density at radius 3 is 2.73 bits per heavy atom. The molecule has 0 bridgehead atoms. The van der Waals surface area contributed by atoms with Crippen molar-refractivity contribution in [1.82, 2.24) is 25.3 Å². The number of nitrogens with zero attached hydrogens (tertiary/aromatic N) is 3. The number of carbonyl (C=O) groups is 1. The summed E-state index contributed by atoms with van der Waals surface area (Å²) in [4.78, 5) is 17.5. The maximum atomic E-state index is 12.6. The van der Waals surface area contributed by atoms with Crippen LogP contribution in [0.3, 0.4) is 0 Å². The molecule has 3 heterocycles. The number of H-pyrrole nitrogens is 1. The second-order valence-corrected chi connectivity index (χ2v) is 10.4. The normalized spacial score (nSPS) is 17.8. The molecular weight excluding hydrogens is 458 g/mol. The Kier molecular flexibility index (Phi) is 8.17. The first kappa shape index (κ1) is 25.4. The Bertz CT molecular complexity index is 1200. The van der Waals surface area contributed by atoms with Crippen molar-refractivity contribution in [1.29, 1.82) is 0 Å². The van der Waals surface area contributed by atoms with Gasteiger partial charge in [-0.3, -0.25) is 19.7 Å². The number of rotatable bonds is 9. The predicted molar refractivity (Wildman–Crippen MR) is 149 cm³/mol. The summed E-state index contributed by atoms with van der Waals surface area (Å²) in [5, 5.41) is 10.5. The van der Waals surface area contributed by atoms with Crippen LogP contribution in [0.25, 0.3) is 11.3 Å². The lowest BCUT2D eigenvalue weighted by Gasteiger charge is -2.36. The van der Waals surface area contributed by atoms with E-state index in [1.165, 1.54) is 40.7 Å². The summed E-state index contributed by atoms with van der Waals surface area (Å²) < 4.78 is 0. The molecule has 37 heavy (non-hydrogen) atoms. The lowest BCUT2D eigenvalue weighted by atomic mass is 9.86. The number of allylic oxidation sites excluding steroid dienone is 1. The lowest BCUT2D eigenvalue weighted by Crippen LogP contribution is -2.47. The summed E-state index contributed by atoms with van der Waals surface area (Å²) >= 11 is 0. The minimum atomic E-state index is -0.0910. The molecule has 6 heteroatoms. The fraction of sp³-hybridized carbons (Fsp3) is 0.419. The van der Waals surface area contributed by atoms with Gasteiger partial charge in [-0.1, -0.05) is 54.6 Å². The van der Waals surface area contributed by atoms with Gasteiger partial charge < -0.3 is 5.32 Å². The van der Waals surface area contributed by atoms with Crippen molar-refractivity contribution in [3.05, 3.63) is 89.6 Å². The van der Waals surface area contributed by atoms with Crippen molar-refractivity contribution in [3.63, 3.8) is 0 Å². The summed E-state index contributed by atoms with van der Waals surface area (Å²) in [5.41, 5.74) is 7.77. The Labute approximate surface area is 220 Å². The van der Waals surface area contributed by atoms with E-state index in [-0.39, 0.29) is 11.9 Å². The summed E-state index contributed by atoms with van der Waals surface area (Å²) in [6.07, 6.45) is 8.97. The summed E-state index contributed by atoms with van der Waals surface area (Å²) in [6, 6.07) is 17.5. The van der Waals surface area contributed by atoms with E-state index in [9.17, 15) is 4.79 Å². The molecule has 2 aliphatic heterocycles. The van der Waals surface area contributed by atoms with Gasteiger partial charge in [-0.15, -0.1) is 6.58 Å². The van der Waals surface area contributed by atoms with E-state index in [0.29, 0.717) is 5.92 Å². The number of hydrogen-bond donors (Lipinski definition) is 2. The highest BCUT2D eigenvalue weighted by Crippen LogP contribution is 2.33. The number of piperidine rings is 1. The highest BCUT2D eigenvalue weighted by Gasteiger charge is 2.29. The van der Waals surface area contributed by atoms with Crippen LogP contribution in [-0.4, -0.2) is 58.6 Å². The Hall–Kier alpha value is -3.22. The smallest absolute Gasteiger partial charge is 0.237 e. The molecule has 194 valence electrons. The fourth-order valence-electron chi connectivity index (χ4n) is 5.99. The molecule has 1 amide bonds. The minimum absolute atomic E-state index is 0.0910. The third-order valence-electron chi connectivity index (χ3n) is 8.13. The molecule has 0 aliphatic carbocycles. The van der Waals surface area contributed by atoms with E-state index >= 15 is 0 Å². The van der Waals surface area contributed by atoms with Crippen molar-refractivity contribution in [3.8, 4) is 11.3 Å². The van der Waals surface area contributed by atoms with Crippen molar-refractivity contribution >= 4 is 5.91 Å². The molecule has 6 nitrogen and oxygen atoms in total. The van der Waals surface area contributed by atoms with Gasteiger partial charge in [0.05, 0.1) is 11.7 Å². The van der Waals surface area contributed by atoms with Gasteiger partial charge >= 0.3 is 0 Å². The molecule has 1 unspecified atom stereocenters.